The second kappa shape index (κ2) is 3.13. The van der Waals surface area contributed by atoms with Crippen LogP contribution in [0.2, 0.25) is 5.31 Å². The van der Waals surface area contributed by atoms with Gasteiger partial charge in [-0.2, -0.15) is 0 Å². The molecule has 0 heterocycles. The third-order valence-corrected chi connectivity index (χ3v) is 0.979. The SMILES string of the molecule is [B]C(C)(C)CCCO. The molecule has 8 heavy (non-hydrogen) atoms. The maximum absolute atomic E-state index is 8.37. The molecule has 0 aliphatic heterocycles. The molecule has 0 aliphatic carbocycles. The lowest BCUT2D eigenvalue weighted by Crippen LogP contribution is -2.02. The zero-order valence-corrected chi connectivity index (χ0v) is 5.65. The maximum atomic E-state index is 8.37. The van der Waals surface area contributed by atoms with Crippen LogP contribution in [0.15, 0.2) is 0 Å². The molecule has 0 atom stereocenters. The third-order valence-electron chi connectivity index (χ3n) is 0.979. The molecule has 0 spiro atoms. The average molecular weight is 112 g/mol. The molecule has 2 radical (unpaired) electrons. The number of hydrogen-bond acceptors (Lipinski definition) is 1. The molecule has 0 amide bonds. The van der Waals surface area contributed by atoms with Gasteiger partial charge in [0.15, 0.2) is 0 Å². The van der Waals surface area contributed by atoms with Crippen LogP contribution in [-0.2, 0) is 0 Å². The summed E-state index contributed by atoms with van der Waals surface area (Å²) in [4.78, 5) is 0. The summed E-state index contributed by atoms with van der Waals surface area (Å²) in [6.07, 6.45) is 1.70. The molecule has 1 N–H and O–H groups in total. The highest BCUT2D eigenvalue weighted by Gasteiger charge is 2.07. The molecule has 1 nitrogen and oxygen atoms in total. The van der Waals surface area contributed by atoms with Crippen molar-refractivity contribution in [1.29, 1.82) is 0 Å². The molecule has 46 valence electrons. The van der Waals surface area contributed by atoms with E-state index in [-0.39, 0.29) is 11.9 Å². The van der Waals surface area contributed by atoms with E-state index in [0.717, 1.165) is 12.8 Å². The van der Waals surface area contributed by atoms with Crippen LogP contribution in [-0.4, -0.2) is 19.6 Å². The predicted molar refractivity (Wildman–Crippen MR) is 36.1 cm³/mol. The van der Waals surface area contributed by atoms with Gasteiger partial charge in [0.25, 0.3) is 0 Å². The van der Waals surface area contributed by atoms with Crippen LogP contribution in [0.25, 0.3) is 0 Å². The maximum Gasteiger partial charge on any atom is 0.0738 e. The summed E-state index contributed by atoms with van der Waals surface area (Å²) >= 11 is 0. The van der Waals surface area contributed by atoms with E-state index in [1.54, 1.807) is 0 Å². The highest BCUT2D eigenvalue weighted by molar-refractivity contribution is 6.14. The number of aliphatic hydroxyl groups is 1. The minimum atomic E-state index is -0.108. The normalized spacial score (nSPS) is 11.9. The number of aliphatic hydroxyl groups excluding tert-OH is 1. The molecule has 0 aliphatic rings. The number of hydrogen-bond donors (Lipinski definition) is 1. The van der Waals surface area contributed by atoms with Crippen LogP contribution in [0.1, 0.15) is 26.7 Å². The fraction of sp³-hybridized carbons (Fsp3) is 1.00. The Morgan fingerprint density at radius 1 is 1.50 bits per heavy atom. The average Bonchev–Trinajstić information content (AvgIpc) is 1.59. The lowest BCUT2D eigenvalue weighted by atomic mass is 9.69. The molecule has 0 fully saturated rings. The predicted octanol–water partition coefficient (Wildman–Crippen LogP) is 1.13. The highest BCUT2D eigenvalue weighted by atomic mass is 16.2. The first-order valence-electron chi connectivity index (χ1n) is 2.96. The van der Waals surface area contributed by atoms with Crippen molar-refractivity contribution in [2.75, 3.05) is 6.61 Å². The largest absolute Gasteiger partial charge is 0.396 e. The topological polar surface area (TPSA) is 20.2 Å². The summed E-state index contributed by atoms with van der Waals surface area (Å²) in [6, 6.07) is 0. The Morgan fingerprint density at radius 2 is 2.00 bits per heavy atom. The van der Waals surface area contributed by atoms with Gasteiger partial charge in [0, 0.05) is 6.61 Å². The van der Waals surface area contributed by atoms with E-state index in [2.05, 4.69) is 0 Å². The molecule has 0 aromatic rings. The Morgan fingerprint density at radius 3 is 2.12 bits per heavy atom. The van der Waals surface area contributed by atoms with Gasteiger partial charge < -0.3 is 5.11 Å². The van der Waals surface area contributed by atoms with E-state index in [4.69, 9.17) is 13.0 Å². The summed E-state index contributed by atoms with van der Waals surface area (Å²) in [5, 5.41) is 8.27. The Kier molecular flexibility index (Phi) is 3.14. The van der Waals surface area contributed by atoms with E-state index in [0.29, 0.717) is 0 Å². The van der Waals surface area contributed by atoms with E-state index in [9.17, 15) is 0 Å². The molecule has 0 aromatic carbocycles. The van der Waals surface area contributed by atoms with Gasteiger partial charge in [-0.05, 0) is 6.42 Å². The Labute approximate surface area is 52.5 Å². The highest BCUT2D eigenvalue weighted by Crippen LogP contribution is 2.24. The first-order valence-corrected chi connectivity index (χ1v) is 2.96. The molecule has 0 saturated heterocycles. The van der Waals surface area contributed by atoms with Gasteiger partial charge in [0.2, 0.25) is 0 Å². The van der Waals surface area contributed by atoms with Gasteiger partial charge in [-0.3, -0.25) is 0 Å². The molecule has 2 heteroatoms. The molecule has 0 unspecified atom stereocenters. The second-order valence-corrected chi connectivity index (χ2v) is 2.82. The summed E-state index contributed by atoms with van der Waals surface area (Å²) < 4.78 is 0. The van der Waals surface area contributed by atoms with Gasteiger partial charge in [-0.1, -0.05) is 25.6 Å². The zero-order chi connectivity index (χ0) is 6.62. The Balaban J connectivity index is 3.11. The van der Waals surface area contributed by atoms with Gasteiger partial charge in [-0.15, -0.1) is 0 Å². The van der Waals surface area contributed by atoms with Crippen molar-refractivity contribution in [2.24, 2.45) is 0 Å². The van der Waals surface area contributed by atoms with E-state index in [1.807, 2.05) is 13.8 Å². The van der Waals surface area contributed by atoms with Gasteiger partial charge in [0.05, 0.1) is 7.85 Å². The summed E-state index contributed by atoms with van der Waals surface area (Å²) in [5.74, 6) is 0. The van der Waals surface area contributed by atoms with Crippen LogP contribution in [0.5, 0.6) is 0 Å². The fourth-order valence-corrected chi connectivity index (χ4v) is 0.535. The minimum absolute atomic E-state index is 0.108. The zero-order valence-electron chi connectivity index (χ0n) is 5.65. The van der Waals surface area contributed by atoms with Crippen LogP contribution in [0.3, 0.4) is 0 Å². The lowest BCUT2D eigenvalue weighted by molar-refractivity contribution is 0.278. The summed E-state index contributed by atoms with van der Waals surface area (Å²) in [6.45, 7) is 4.17. The minimum Gasteiger partial charge on any atom is -0.396 e. The van der Waals surface area contributed by atoms with Gasteiger partial charge in [-0.25, -0.2) is 0 Å². The molecule has 0 saturated carbocycles. The first kappa shape index (κ1) is 8.02. The standard InChI is InChI=1S/C6H13BO/c1-6(2,7)4-3-5-8/h8H,3-5H2,1-2H3. The van der Waals surface area contributed by atoms with E-state index < -0.39 is 0 Å². The van der Waals surface area contributed by atoms with E-state index in [1.165, 1.54) is 0 Å². The van der Waals surface area contributed by atoms with Crippen molar-refractivity contribution in [3.8, 4) is 0 Å². The fourth-order valence-electron chi connectivity index (χ4n) is 0.535. The van der Waals surface area contributed by atoms with Crippen LogP contribution < -0.4 is 0 Å². The van der Waals surface area contributed by atoms with Crippen LogP contribution in [0, 0.1) is 0 Å². The third kappa shape index (κ3) is 6.02. The van der Waals surface area contributed by atoms with Crippen LogP contribution >= 0.6 is 0 Å². The van der Waals surface area contributed by atoms with Crippen molar-refractivity contribution in [2.45, 2.75) is 32.0 Å². The lowest BCUT2D eigenvalue weighted by Gasteiger charge is -2.16. The molecule has 0 rings (SSSR count). The monoisotopic (exact) mass is 112 g/mol. The van der Waals surface area contributed by atoms with Crippen molar-refractivity contribution < 1.29 is 5.11 Å². The van der Waals surface area contributed by atoms with Crippen molar-refractivity contribution in [3.05, 3.63) is 0 Å². The molecule has 0 aromatic heterocycles. The Hall–Kier alpha value is 0.0249. The van der Waals surface area contributed by atoms with Gasteiger partial charge >= 0.3 is 0 Å². The molecular weight excluding hydrogens is 98.9 g/mol. The van der Waals surface area contributed by atoms with Crippen molar-refractivity contribution in [1.82, 2.24) is 0 Å². The Bertz CT molecular complexity index is 56.0. The van der Waals surface area contributed by atoms with Crippen molar-refractivity contribution >= 4 is 7.85 Å². The second-order valence-electron chi connectivity index (χ2n) is 2.82. The van der Waals surface area contributed by atoms with Crippen molar-refractivity contribution in [3.63, 3.8) is 0 Å². The van der Waals surface area contributed by atoms with Crippen LogP contribution in [0.4, 0.5) is 0 Å². The smallest absolute Gasteiger partial charge is 0.0738 e. The number of rotatable bonds is 3. The van der Waals surface area contributed by atoms with E-state index >= 15 is 0 Å². The van der Waals surface area contributed by atoms with Gasteiger partial charge in [0.1, 0.15) is 0 Å². The summed E-state index contributed by atoms with van der Waals surface area (Å²) in [7, 11) is 5.61. The molecular formula is C6H13BO. The first-order chi connectivity index (χ1) is 3.56. The molecule has 0 bridgehead atoms. The quantitative estimate of drug-likeness (QED) is 0.542. The summed E-state index contributed by atoms with van der Waals surface area (Å²) in [5.41, 5.74) is 0.